The highest BCUT2D eigenvalue weighted by molar-refractivity contribution is 9.10. The first-order chi connectivity index (χ1) is 5.81. The van der Waals surface area contributed by atoms with Crippen LogP contribution in [0.2, 0.25) is 0 Å². The Morgan fingerprint density at radius 2 is 2.33 bits per heavy atom. The van der Waals surface area contributed by atoms with E-state index in [1.54, 1.807) is 7.11 Å². The van der Waals surface area contributed by atoms with Gasteiger partial charge in [-0.3, -0.25) is 9.90 Å². The van der Waals surface area contributed by atoms with Gasteiger partial charge in [-0.15, -0.1) is 0 Å². The van der Waals surface area contributed by atoms with Gasteiger partial charge in [-0.25, -0.2) is 0 Å². The molecule has 0 amide bonds. The standard InChI is InChI=1S/C9H10BrNO/c1-12-11-5-4-7-2-3-8(10)6-9(7)11/h2-3,6H,4-5H2,1H3. The lowest BCUT2D eigenvalue weighted by atomic mass is 10.2. The molecular formula is C9H10BrNO. The summed E-state index contributed by atoms with van der Waals surface area (Å²) in [5, 5.41) is 1.92. The zero-order chi connectivity index (χ0) is 8.55. The number of halogens is 1. The molecule has 0 aromatic heterocycles. The van der Waals surface area contributed by atoms with E-state index in [0.29, 0.717) is 0 Å². The van der Waals surface area contributed by atoms with Crippen molar-refractivity contribution in [2.75, 3.05) is 18.7 Å². The van der Waals surface area contributed by atoms with Crippen LogP contribution in [0.4, 0.5) is 5.69 Å². The van der Waals surface area contributed by atoms with Crippen molar-refractivity contribution in [3.63, 3.8) is 0 Å². The second-order valence-electron chi connectivity index (χ2n) is 2.81. The van der Waals surface area contributed by atoms with Crippen molar-refractivity contribution >= 4 is 21.6 Å². The summed E-state index contributed by atoms with van der Waals surface area (Å²) in [5.74, 6) is 0. The molecule has 0 aliphatic carbocycles. The third-order valence-corrected chi connectivity index (χ3v) is 2.61. The molecule has 0 saturated heterocycles. The topological polar surface area (TPSA) is 12.5 Å². The number of hydrogen-bond acceptors (Lipinski definition) is 2. The maximum atomic E-state index is 5.21. The van der Waals surface area contributed by atoms with E-state index >= 15 is 0 Å². The Bertz CT molecular complexity index is 301. The van der Waals surface area contributed by atoms with Crippen LogP contribution in [0, 0.1) is 0 Å². The third kappa shape index (κ3) is 1.23. The Morgan fingerprint density at radius 3 is 3.08 bits per heavy atom. The summed E-state index contributed by atoms with van der Waals surface area (Å²) in [5.41, 5.74) is 2.55. The summed E-state index contributed by atoms with van der Waals surface area (Å²) in [4.78, 5) is 5.21. The van der Waals surface area contributed by atoms with Gasteiger partial charge in [0.25, 0.3) is 0 Å². The first kappa shape index (κ1) is 8.08. The van der Waals surface area contributed by atoms with E-state index in [1.165, 1.54) is 11.3 Å². The van der Waals surface area contributed by atoms with E-state index < -0.39 is 0 Å². The fraction of sp³-hybridized carbons (Fsp3) is 0.333. The van der Waals surface area contributed by atoms with Crippen molar-refractivity contribution in [2.45, 2.75) is 6.42 Å². The average Bonchev–Trinajstić information content (AvgIpc) is 2.46. The first-order valence-electron chi connectivity index (χ1n) is 3.91. The van der Waals surface area contributed by atoms with Crippen LogP contribution in [-0.2, 0) is 11.3 Å². The second-order valence-corrected chi connectivity index (χ2v) is 3.72. The smallest absolute Gasteiger partial charge is 0.0680 e. The molecule has 1 aliphatic rings. The van der Waals surface area contributed by atoms with E-state index in [-0.39, 0.29) is 0 Å². The Labute approximate surface area is 80.2 Å². The predicted octanol–water partition coefficient (Wildman–Crippen LogP) is 2.37. The third-order valence-electron chi connectivity index (χ3n) is 2.12. The molecule has 0 bridgehead atoms. The number of hydroxylamine groups is 1. The van der Waals surface area contributed by atoms with Gasteiger partial charge in [-0.2, -0.15) is 0 Å². The Hall–Kier alpha value is -0.540. The summed E-state index contributed by atoms with van der Waals surface area (Å²) in [6.45, 7) is 0.961. The molecule has 0 atom stereocenters. The SMILES string of the molecule is CON1CCc2ccc(Br)cc21. The number of rotatable bonds is 1. The highest BCUT2D eigenvalue weighted by atomic mass is 79.9. The average molecular weight is 228 g/mol. The second kappa shape index (κ2) is 3.07. The van der Waals surface area contributed by atoms with Crippen LogP contribution in [0.25, 0.3) is 0 Å². The summed E-state index contributed by atoms with van der Waals surface area (Å²) in [7, 11) is 1.70. The molecule has 64 valence electrons. The highest BCUT2D eigenvalue weighted by Gasteiger charge is 2.18. The van der Waals surface area contributed by atoms with Gasteiger partial charge in [0.05, 0.1) is 12.8 Å². The molecule has 0 spiro atoms. The number of fused-ring (bicyclic) bond motifs is 1. The quantitative estimate of drug-likeness (QED) is 0.731. The summed E-state index contributed by atoms with van der Waals surface area (Å²) >= 11 is 3.44. The lowest BCUT2D eigenvalue weighted by Gasteiger charge is -2.15. The van der Waals surface area contributed by atoms with E-state index in [9.17, 15) is 0 Å². The molecule has 2 rings (SSSR count). The fourth-order valence-corrected chi connectivity index (χ4v) is 1.86. The van der Waals surface area contributed by atoms with Gasteiger partial charge in [0.2, 0.25) is 0 Å². The molecule has 1 heterocycles. The van der Waals surface area contributed by atoms with Gasteiger partial charge in [-0.1, -0.05) is 22.0 Å². The van der Waals surface area contributed by atoms with Gasteiger partial charge < -0.3 is 0 Å². The largest absolute Gasteiger partial charge is 0.277 e. The van der Waals surface area contributed by atoms with Gasteiger partial charge in [0, 0.05) is 11.0 Å². The molecular weight excluding hydrogens is 218 g/mol. The van der Waals surface area contributed by atoms with Crippen molar-refractivity contribution in [1.29, 1.82) is 0 Å². The molecule has 1 aromatic carbocycles. The molecule has 2 nitrogen and oxygen atoms in total. The number of hydrogen-bond donors (Lipinski definition) is 0. The number of benzene rings is 1. The van der Waals surface area contributed by atoms with Crippen molar-refractivity contribution in [1.82, 2.24) is 0 Å². The molecule has 1 aromatic rings. The van der Waals surface area contributed by atoms with Crippen LogP contribution in [0.1, 0.15) is 5.56 Å². The van der Waals surface area contributed by atoms with Gasteiger partial charge >= 0.3 is 0 Å². The molecule has 0 N–H and O–H groups in total. The molecule has 0 fully saturated rings. The molecule has 3 heteroatoms. The van der Waals surface area contributed by atoms with E-state index in [2.05, 4.69) is 34.1 Å². The highest BCUT2D eigenvalue weighted by Crippen LogP contribution is 2.30. The predicted molar refractivity (Wildman–Crippen MR) is 52.2 cm³/mol. The minimum absolute atomic E-state index is 0.961. The van der Waals surface area contributed by atoms with Crippen molar-refractivity contribution in [3.8, 4) is 0 Å². The van der Waals surface area contributed by atoms with Crippen molar-refractivity contribution in [3.05, 3.63) is 28.2 Å². The Kier molecular flexibility index (Phi) is 2.07. The number of anilines is 1. The maximum absolute atomic E-state index is 5.21. The van der Waals surface area contributed by atoms with Crippen LogP contribution in [0.3, 0.4) is 0 Å². The van der Waals surface area contributed by atoms with Crippen molar-refractivity contribution < 1.29 is 4.84 Å². The Morgan fingerprint density at radius 1 is 1.50 bits per heavy atom. The van der Waals surface area contributed by atoms with Crippen LogP contribution in [0.15, 0.2) is 22.7 Å². The van der Waals surface area contributed by atoms with Crippen LogP contribution in [-0.4, -0.2) is 13.7 Å². The normalized spacial score (nSPS) is 15.0. The van der Waals surface area contributed by atoms with Gasteiger partial charge in [-0.05, 0) is 24.1 Å². The molecule has 1 aliphatic heterocycles. The summed E-state index contributed by atoms with van der Waals surface area (Å²) < 4.78 is 1.10. The molecule has 0 radical (unpaired) electrons. The zero-order valence-electron chi connectivity index (χ0n) is 6.88. The molecule has 0 unspecified atom stereocenters. The van der Waals surface area contributed by atoms with E-state index in [4.69, 9.17) is 4.84 Å². The lowest BCUT2D eigenvalue weighted by molar-refractivity contribution is 0.174. The lowest BCUT2D eigenvalue weighted by Crippen LogP contribution is -2.17. The van der Waals surface area contributed by atoms with Gasteiger partial charge in [0.1, 0.15) is 0 Å². The van der Waals surface area contributed by atoms with Crippen LogP contribution in [0.5, 0.6) is 0 Å². The Balaban J connectivity index is 2.42. The summed E-state index contributed by atoms with van der Waals surface area (Å²) in [6.07, 6.45) is 1.08. The fourth-order valence-electron chi connectivity index (χ4n) is 1.51. The molecule has 12 heavy (non-hydrogen) atoms. The van der Waals surface area contributed by atoms with Gasteiger partial charge in [0.15, 0.2) is 0 Å². The van der Waals surface area contributed by atoms with E-state index in [1.807, 2.05) is 5.06 Å². The monoisotopic (exact) mass is 227 g/mol. The minimum atomic E-state index is 0.961. The zero-order valence-corrected chi connectivity index (χ0v) is 8.47. The maximum Gasteiger partial charge on any atom is 0.0680 e. The summed E-state index contributed by atoms with van der Waals surface area (Å²) in [6, 6.07) is 6.29. The van der Waals surface area contributed by atoms with Crippen LogP contribution < -0.4 is 5.06 Å². The number of nitrogens with zero attached hydrogens (tertiary/aromatic N) is 1. The minimum Gasteiger partial charge on any atom is -0.277 e. The first-order valence-corrected chi connectivity index (χ1v) is 4.70. The van der Waals surface area contributed by atoms with E-state index in [0.717, 1.165) is 17.4 Å². The van der Waals surface area contributed by atoms with Crippen LogP contribution >= 0.6 is 15.9 Å². The molecule has 0 saturated carbocycles. The van der Waals surface area contributed by atoms with Crippen molar-refractivity contribution in [2.24, 2.45) is 0 Å².